The third kappa shape index (κ3) is 2.06. The lowest BCUT2D eigenvalue weighted by Crippen LogP contribution is -2.37. The van der Waals surface area contributed by atoms with Gasteiger partial charge in [0, 0.05) is 12.0 Å². The van der Waals surface area contributed by atoms with Crippen LogP contribution in [0.25, 0.3) is 17.8 Å². The number of nitrogens with zero attached hydrogens (tertiary/aromatic N) is 1. The molecule has 1 aromatic carbocycles. The molecule has 0 saturated carbocycles. The van der Waals surface area contributed by atoms with Gasteiger partial charge in [-0.15, -0.1) is 0 Å². The van der Waals surface area contributed by atoms with Crippen LogP contribution in [0.3, 0.4) is 0 Å². The molecule has 0 saturated heterocycles. The molecule has 19 heavy (non-hydrogen) atoms. The smallest absolute Gasteiger partial charge is 0.272 e. The predicted octanol–water partition coefficient (Wildman–Crippen LogP) is 1.01. The van der Waals surface area contributed by atoms with Crippen LogP contribution in [0.1, 0.15) is 16.8 Å². The van der Waals surface area contributed by atoms with Crippen LogP contribution >= 0.6 is 11.5 Å². The quantitative estimate of drug-likeness (QED) is 0.767. The molecule has 0 aliphatic heterocycles. The minimum atomic E-state index is -1.08. The van der Waals surface area contributed by atoms with Crippen molar-refractivity contribution in [1.82, 2.24) is 3.96 Å². The lowest BCUT2D eigenvalue weighted by Gasteiger charge is -1.99. The minimum absolute atomic E-state index is 0.211. The van der Waals surface area contributed by atoms with Crippen molar-refractivity contribution >= 4 is 30.0 Å². The predicted molar refractivity (Wildman–Crippen MR) is 73.0 cm³/mol. The Morgan fingerprint density at radius 3 is 2.74 bits per heavy atom. The fourth-order valence-electron chi connectivity index (χ4n) is 2.03. The van der Waals surface area contributed by atoms with Gasteiger partial charge in [0.15, 0.2) is 0 Å². The second-order valence-electron chi connectivity index (χ2n) is 4.30. The number of hydrogen-bond donors (Lipinski definition) is 0. The van der Waals surface area contributed by atoms with Gasteiger partial charge in [-0.05, 0) is 30.3 Å². The molecule has 1 aromatic heterocycles. The highest BCUT2D eigenvalue weighted by Crippen LogP contribution is 2.09. The SMILES string of the molecule is O=Cc1ccc(-n2sc3c(c2=O)=CC(F)CC=3)cc1. The summed E-state index contributed by atoms with van der Waals surface area (Å²) in [6, 6.07) is 6.72. The fraction of sp³-hybridized carbons (Fsp3) is 0.143. The number of carbonyl (C=O) groups is 1. The van der Waals surface area contributed by atoms with Gasteiger partial charge in [-0.3, -0.25) is 9.59 Å². The van der Waals surface area contributed by atoms with Gasteiger partial charge in [0.25, 0.3) is 5.56 Å². The van der Waals surface area contributed by atoms with E-state index in [1.165, 1.54) is 21.6 Å². The second-order valence-corrected chi connectivity index (χ2v) is 5.29. The molecule has 1 aliphatic carbocycles. The van der Waals surface area contributed by atoms with Crippen LogP contribution in [0.2, 0.25) is 0 Å². The summed E-state index contributed by atoms with van der Waals surface area (Å²) in [7, 11) is 0. The molecule has 1 heterocycles. The Morgan fingerprint density at radius 1 is 1.32 bits per heavy atom. The molecule has 1 unspecified atom stereocenters. The first kappa shape index (κ1) is 12.0. The van der Waals surface area contributed by atoms with E-state index in [9.17, 15) is 14.0 Å². The van der Waals surface area contributed by atoms with Crippen molar-refractivity contribution in [2.75, 3.05) is 0 Å². The number of aldehydes is 1. The van der Waals surface area contributed by atoms with Gasteiger partial charge >= 0.3 is 0 Å². The summed E-state index contributed by atoms with van der Waals surface area (Å²) in [4.78, 5) is 22.8. The summed E-state index contributed by atoms with van der Waals surface area (Å²) in [5, 5.41) is 0.434. The molecule has 0 fully saturated rings. The summed E-state index contributed by atoms with van der Waals surface area (Å²) in [6.07, 6.45) is 3.12. The van der Waals surface area contributed by atoms with Gasteiger partial charge in [-0.2, -0.15) is 0 Å². The van der Waals surface area contributed by atoms with E-state index < -0.39 is 6.17 Å². The lowest BCUT2D eigenvalue weighted by molar-refractivity contribution is 0.112. The van der Waals surface area contributed by atoms with E-state index in [0.29, 0.717) is 22.9 Å². The highest BCUT2D eigenvalue weighted by molar-refractivity contribution is 7.04. The Bertz CT molecular complexity index is 801. The number of halogens is 1. The van der Waals surface area contributed by atoms with Crippen LogP contribution < -0.4 is 15.3 Å². The molecule has 0 radical (unpaired) electrons. The van der Waals surface area contributed by atoms with Crippen molar-refractivity contribution in [3.63, 3.8) is 0 Å². The van der Waals surface area contributed by atoms with E-state index in [1.807, 2.05) is 0 Å². The number of aromatic nitrogens is 1. The maximum absolute atomic E-state index is 13.3. The summed E-state index contributed by atoms with van der Waals surface area (Å²) in [6.45, 7) is 0. The lowest BCUT2D eigenvalue weighted by atomic mass is 10.1. The molecule has 2 aromatic rings. The molecule has 96 valence electrons. The average Bonchev–Trinajstić information content (AvgIpc) is 2.76. The number of alkyl halides is 1. The molecule has 1 atom stereocenters. The van der Waals surface area contributed by atoms with E-state index in [-0.39, 0.29) is 5.56 Å². The number of benzene rings is 1. The van der Waals surface area contributed by atoms with Crippen LogP contribution in [-0.4, -0.2) is 16.4 Å². The minimum Gasteiger partial charge on any atom is -0.298 e. The van der Waals surface area contributed by atoms with Crippen molar-refractivity contribution in [2.24, 2.45) is 0 Å². The molecule has 3 rings (SSSR count). The first-order valence-electron chi connectivity index (χ1n) is 5.83. The Balaban J connectivity index is 2.20. The van der Waals surface area contributed by atoms with Crippen molar-refractivity contribution in [3.05, 3.63) is 49.9 Å². The maximum atomic E-state index is 13.3. The molecule has 0 N–H and O–H groups in total. The standard InChI is InChI=1S/C14H10FNO2S/c15-10-3-6-13-12(7-10)14(18)16(19-13)11-4-1-9(8-17)2-5-11/h1-2,4-8,10H,3H2. The molecule has 0 spiro atoms. The van der Waals surface area contributed by atoms with Gasteiger partial charge in [-0.1, -0.05) is 17.6 Å². The largest absolute Gasteiger partial charge is 0.298 e. The first-order valence-corrected chi connectivity index (χ1v) is 6.60. The monoisotopic (exact) mass is 275 g/mol. The zero-order valence-electron chi connectivity index (χ0n) is 9.88. The first-order chi connectivity index (χ1) is 9.19. The van der Waals surface area contributed by atoms with E-state index in [1.54, 1.807) is 30.3 Å². The molecular weight excluding hydrogens is 265 g/mol. The Kier molecular flexibility index (Phi) is 2.91. The van der Waals surface area contributed by atoms with E-state index in [4.69, 9.17) is 0 Å². The van der Waals surface area contributed by atoms with Gasteiger partial charge < -0.3 is 0 Å². The van der Waals surface area contributed by atoms with Gasteiger partial charge in [0.2, 0.25) is 0 Å². The summed E-state index contributed by atoms with van der Waals surface area (Å²) in [5.41, 5.74) is 1.03. The van der Waals surface area contributed by atoms with Crippen molar-refractivity contribution in [2.45, 2.75) is 12.6 Å². The van der Waals surface area contributed by atoms with Crippen molar-refractivity contribution in [3.8, 4) is 5.69 Å². The van der Waals surface area contributed by atoms with E-state index in [2.05, 4.69) is 0 Å². The number of fused-ring (bicyclic) bond motifs is 1. The summed E-state index contributed by atoms with van der Waals surface area (Å²) >= 11 is 1.29. The third-order valence-corrected chi connectivity index (χ3v) is 4.15. The van der Waals surface area contributed by atoms with Crippen LogP contribution in [0.15, 0.2) is 29.1 Å². The molecule has 5 heteroatoms. The van der Waals surface area contributed by atoms with E-state index >= 15 is 0 Å². The van der Waals surface area contributed by atoms with Crippen LogP contribution in [0.5, 0.6) is 0 Å². The molecular formula is C14H10FNO2S. The molecule has 1 aliphatic rings. The fourth-order valence-corrected chi connectivity index (χ4v) is 3.06. The van der Waals surface area contributed by atoms with Gasteiger partial charge in [0.05, 0.1) is 15.4 Å². The highest BCUT2D eigenvalue weighted by Gasteiger charge is 2.12. The molecule has 0 bridgehead atoms. The third-order valence-electron chi connectivity index (χ3n) is 3.01. The Morgan fingerprint density at radius 2 is 2.05 bits per heavy atom. The zero-order valence-corrected chi connectivity index (χ0v) is 10.7. The zero-order chi connectivity index (χ0) is 13.4. The average molecular weight is 275 g/mol. The number of hydrogen-bond acceptors (Lipinski definition) is 3. The Hall–Kier alpha value is -2.01. The number of carbonyl (C=O) groups excluding carboxylic acids is 1. The molecule has 3 nitrogen and oxygen atoms in total. The summed E-state index contributed by atoms with van der Waals surface area (Å²) in [5.74, 6) is 0. The van der Waals surface area contributed by atoms with E-state index in [0.717, 1.165) is 10.8 Å². The summed E-state index contributed by atoms with van der Waals surface area (Å²) < 4.78 is 15.6. The maximum Gasteiger partial charge on any atom is 0.272 e. The normalized spacial score (nSPS) is 17.2. The van der Waals surface area contributed by atoms with Gasteiger partial charge in [-0.25, -0.2) is 8.35 Å². The topological polar surface area (TPSA) is 39.1 Å². The second kappa shape index (κ2) is 4.59. The van der Waals surface area contributed by atoms with Crippen LogP contribution in [-0.2, 0) is 0 Å². The van der Waals surface area contributed by atoms with Crippen molar-refractivity contribution in [1.29, 1.82) is 0 Å². The van der Waals surface area contributed by atoms with Crippen LogP contribution in [0.4, 0.5) is 4.39 Å². The highest BCUT2D eigenvalue weighted by atomic mass is 32.1. The number of rotatable bonds is 2. The molecule has 0 amide bonds. The van der Waals surface area contributed by atoms with Crippen LogP contribution in [0, 0.1) is 0 Å². The van der Waals surface area contributed by atoms with Crippen molar-refractivity contribution < 1.29 is 9.18 Å². The Labute approximate surface area is 112 Å². The van der Waals surface area contributed by atoms with Gasteiger partial charge in [0.1, 0.15) is 12.5 Å².